The highest BCUT2D eigenvalue weighted by molar-refractivity contribution is 5.62. The standard InChI is InChI=1S/C21H23N5O3/c1-12-6-5-7-13(2)17(12)26-21(22-23-24-26)18-16-14(8-9-25(18)3)10-15-19(20(16)27-4)29-11-28-15/h5-7,10,18H,8-9,11H2,1-4H3/p+1/t18-/m0/s1. The molecule has 0 saturated carbocycles. The average molecular weight is 394 g/mol. The Bertz CT molecular complexity index is 1070. The van der Waals surface area contributed by atoms with Crippen molar-refractivity contribution in [1.82, 2.24) is 20.2 Å². The number of fused-ring (bicyclic) bond motifs is 2. The minimum absolute atomic E-state index is 0.0859. The van der Waals surface area contributed by atoms with Gasteiger partial charge in [0.15, 0.2) is 17.5 Å². The van der Waals surface area contributed by atoms with Gasteiger partial charge < -0.3 is 19.1 Å². The lowest BCUT2D eigenvalue weighted by molar-refractivity contribution is -0.909. The lowest BCUT2D eigenvalue weighted by atomic mass is 9.90. The van der Waals surface area contributed by atoms with Crippen molar-refractivity contribution in [3.63, 3.8) is 0 Å². The van der Waals surface area contributed by atoms with Crippen molar-refractivity contribution in [1.29, 1.82) is 0 Å². The fourth-order valence-corrected chi connectivity index (χ4v) is 4.55. The number of methoxy groups -OCH3 is 1. The van der Waals surface area contributed by atoms with Crippen LogP contribution in [0.25, 0.3) is 5.69 Å². The second-order valence-corrected chi connectivity index (χ2v) is 7.69. The van der Waals surface area contributed by atoms with Gasteiger partial charge in [-0.3, -0.25) is 0 Å². The molecule has 2 aromatic carbocycles. The van der Waals surface area contributed by atoms with E-state index in [-0.39, 0.29) is 12.8 Å². The number of quaternary nitrogens is 1. The number of nitrogens with one attached hydrogen (secondary N) is 1. The van der Waals surface area contributed by atoms with Crippen LogP contribution in [-0.2, 0) is 6.42 Å². The Morgan fingerprint density at radius 2 is 2.00 bits per heavy atom. The molecule has 2 atom stereocenters. The van der Waals surface area contributed by atoms with Gasteiger partial charge in [-0.1, -0.05) is 18.2 Å². The van der Waals surface area contributed by atoms with Crippen LogP contribution in [0, 0.1) is 13.8 Å². The van der Waals surface area contributed by atoms with E-state index in [9.17, 15) is 0 Å². The van der Waals surface area contributed by atoms with E-state index in [4.69, 9.17) is 14.2 Å². The van der Waals surface area contributed by atoms with Crippen LogP contribution >= 0.6 is 0 Å². The first kappa shape index (κ1) is 17.9. The third-order valence-corrected chi connectivity index (χ3v) is 5.92. The van der Waals surface area contributed by atoms with Gasteiger partial charge >= 0.3 is 0 Å². The van der Waals surface area contributed by atoms with E-state index in [1.807, 2.05) is 4.68 Å². The van der Waals surface area contributed by atoms with Crippen molar-refractivity contribution in [2.24, 2.45) is 0 Å². The first-order chi connectivity index (χ1) is 14.1. The monoisotopic (exact) mass is 394 g/mol. The van der Waals surface area contributed by atoms with Crippen LogP contribution in [-0.4, -0.2) is 47.7 Å². The predicted molar refractivity (Wildman–Crippen MR) is 105 cm³/mol. The Balaban J connectivity index is 1.73. The largest absolute Gasteiger partial charge is 0.492 e. The molecule has 2 aliphatic rings. The number of hydrogen-bond acceptors (Lipinski definition) is 6. The zero-order valence-electron chi connectivity index (χ0n) is 17.0. The highest BCUT2D eigenvalue weighted by Crippen LogP contribution is 2.48. The summed E-state index contributed by atoms with van der Waals surface area (Å²) in [6.07, 6.45) is 0.926. The van der Waals surface area contributed by atoms with Crippen LogP contribution in [0.5, 0.6) is 17.2 Å². The number of nitrogens with zero attached hydrogens (tertiary/aromatic N) is 4. The second-order valence-electron chi connectivity index (χ2n) is 7.69. The molecule has 0 spiro atoms. The molecule has 3 heterocycles. The van der Waals surface area contributed by atoms with Crippen LogP contribution < -0.4 is 19.1 Å². The van der Waals surface area contributed by atoms with Crippen LogP contribution in [0.2, 0.25) is 0 Å². The molecule has 0 radical (unpaired) electrons. The summed E-state index contributed by atoms with van der Waals surface area (Å²) in [5.41, 5.74) is 5.54. The highest BCUT2D eigenvalue weighted by atomic mass is 16.7. The van der Waals surface area contributed by atoms with Crippen molar-refractivity contribution in [2.75, 3.05) is 27.5 Å². The van der Waals surface area contributed by atoms with E-state index in [1.165, 1.54) is 10.5 Å². The maximum Gasteiger partial charge on any atom is 0.231 e. The number of benzene rings is 2. The van der Waals surface area contributed by atoms with Gasteiger partial charge in [-0.2, -0.15) is 4.68 Å². The molecule has 2 aliphatic heterocycles. The van der Waals surface area contributed by atoms with Gasteiger partial charge in [0.05, 0.1) is 32.0 Å². The summed E-state index contributed by atoms with van der Waals surface area (Å²) < 4.78 is 19.1. The quantitative estimate of drug-likeness (QED) is 0.719. The summed E-state index contributed by atoms with van der Waals surface area (Å²) in [4.78, 5) is 1.30. The summed E-state index contributed by atoms with van der Waals surface area (Å²) in [6, 6.07) is 8.20. The Hall–Kier alpha value is -3.13. The molecule has 5 rings (SSSR count). The molecule has 0 bridgehead atoms. The molecule has 150 valence electrons. The van der Waals surface area contributed by atoms with E-state index in [2.05, 4.69) is 60.7 Å². The minimum atomic E-state index is -0.0859. The van der Waals surface area contributed by atoms with Gasteiger partial charge in [-0.15, -0.1) is 5.10 Å². The number of rotatable bonds is 3. The third-order valence-electron chi connectivity index (χ3n) is 5.92. The smallest absolute Gasteiger partial charge is 0.231 e. The Morgan fingerprint density at radius 1 is 1.21 bits per heavy atom. The van der Waals surface area contributed by atoms with Gasteiger partial charge in [0.25, 0.3) is 0 Å². The molecule has 8 heteroatoms. The Labute approximate surface area is 169 Å². The molecule has 1 unspecified atom stereocenters. The minimum Gasteiger partial charge on any atom is -0.492 e. The highest BCUT2D eigenvalue weighted by Gasteiger charge is 2.40. The predicted octanol–water partition coefficient (Wildman–Crippen LogP) is 1.18. The molecule has 29 heavy (non-hydrogen) atoms. The number of aromatic nitrogens is 4. The van der Waals surface area contributed by atoms with E-state index < -0.39 is 0 Å². The van der Waals surface area contributed by atoms with Gasteiger partial charge in [0.2, 0.25) is 18.4 Å². The molecule has 1 aromatic heterocycles. The number of aryl methyl sites for hydroxylation is 2. The molecule has 1 N–H and O–H groups in total. The topological polar surface area (TPSA) is 75.7 Å². The van der Waals surface area contributed by atoms with Crippen molar-refractivity contribution in [2.45, 2.75) is 26.3 Å². The Morgan fingerprint density at radius 3 is 2.76 bits per heavy atom. The zero-order chi connectivity index (χ0) is 20.1. The van der Waals surface area contributed by atoms with Crippen LogP contribution in [0.4, 0.5) is 0 Å². The first-order valence-electron chi connectivity index (χ1n) is 9.76. The van der Waals surface area contributed by atoms with Gasteiger partial charge in [0.1, 0.15) is 0 Å². The van der Waals surface area contributed by atoms with E-state index in [1.54, 1.807) is 7.11 Å². The number of para-hydroxylation sites is 1. The van der Waals surface area contributed by atoms with Crippen LogP contribution in [0.15, 0.2) is 24.3 Å². The fraction of sp³-hybridized carbons (Fsp3) is 0.381. The van der Waals surface area contributed by atoms with Crippen LogP contribution in [0.1, 0.15) is 34.1 Å². The first-order valence-corrected chi connectivity index (χ1v) is 9.76. The number of ether oxygens (including phenoxy) is 3. The molecular weight excluding hydrogens is 370 g/mol. The molecule has 0 amide bonds. The summed E-state index contributed by atoms with van der Waals surface area (Å²) in [6.45, 7) is 5.33. The molecule has 3 aromatic rings. The van der Waals surface area contributed by atoms with Crippen molar-refractivity contribution >= 4 is 0 Å². The maximum absolute atomic E-state index is 5.83. The van der Waals surface area contributed by atoms with Gasteiger partial charge in [-0.25, -0.2) is 0 Å². The van der Waals surface area contributed by atoms with E-state index >= 15 is 0 Å². The second kappa shape index (κ2) is 6.73. The van der Waals surface area contributed by atoms with Crippen molar-refractivity contribution < 1.29 is 19.1 Å². The third kappa shape index (κ3) is 2.66. The van der Waals surface area contributed by atoms with Crippen LogP contribution in [0.3, 0.4) is 0 Å². The molecule has 0 saturated heterocycles. The number of tetrazole rings is 1. The molecular formula is C21H24N5O3+. The lowest BCUT2D eigenvalue weighted by Crippen LogP contribution is -3.10. The lowest BCUT2D eigenvalue weighted by Gasteiger charge is -2.32. The normalized spacial score (nSPS) is 19.9. The zero-order valence-corrected chi connectivity index (χ0v) is 17.0. The van der Waals surface area contributed by atoms with E-state index in [0.717, 1.165) is 52.7 Å². The van der Waals surface area contributed by atoms with Crippen molar-refractivity contribution in [3.05, 3.63) is 52.3 Å². The Kier molecular flexibility index (Phi) is 4.16. The average Bonchev–Trinajstić information content (AvgIpc) is 3.36. The van der Waals surface area contributed by atoms with Gasteiger partial charge in [0, 0.05) is 6.42 Å². The summed E-state index contributed by atoms with van der Waals surface area (Å²) in [5, 5.41) is 12.9. The van der Waals surface area contributed by atoms with E-state index in [0.29, 0.717) is 5.75 Å². The number of likely N-dealkylation sites (N-methyl/N-ethyl adjacent to an activating group) is 1. The fourth-order valence-electron chi connectivity index (χ4n) is 4.55. The van der Waals surface area contributed by atoms with Crippen molar-refractivity contribution in [3.8, 4) is 22.9 Å². The van der Waals surface area contributed by atoms with Gasteiger partial charge in [-0.05, 0) is 47.0 Å². The molecule has 0 aliphatic carbocycles. The number of hydrogen-bond donors (Lipinski definition) is 1. The SMILES string of the molecule is COc1c2c(cc3c1[C@@H](c1nnnn1-c1c(C)cccc1C)[NH+](C)CC3)OCO2. The summed E-state index contributed by atoms with van der Waals surface area (Å²) >= 11 is 0. The summed E-state index contributed by atoms with van der Waals surface area (Å²) in [5.74, 6) is 2.92. The molecule has 8 nitrogen and oxygen atoms in total. The summed E-state index contributed by atoms with van der Waals surface area (Å²) in [7, 11) is 3.84. The molecule has 0 fully saturated rings. The maximum atomic E-state index is 5.83.